The van der Waals surface area contributed by atoms with Crippen LogP contribution < -0.4 is 5.32 Å². The van der Waals surface area contributed by atoms with Crippen LogP contribution in [-0.4, -0.2) is 63.9 Å². The van der Waals surface area contributed by atoms with Gasteiger partial charge >= 0.3 is 12.1 Å². The lowest BCUT2D eigenvalue weighted by molar-refractivity contribution is -0.150. The number of nitrogens with one attached hydrogen (secondary N) is 1. The average Bonchev–Trinajstić information content (AvgIpc) is 3.35. The zero-order valence-electron chi connectivity index (χ0n) is 19.4. The van der Waals surface area contributed by atoms with Crippen molar-refractivity contribution in [3.8, 4) is 11.1 Å². The van der Waals surface area contributed by atoms with Crippen LogP contribution in [0.5, 0.6) is 0 Å². The van der Waals surface area contributed by atoms with Gasteiger partial charge in [0, 0.05) is 18.9 Å². The van der Waals surface area contributed by atoms with E-state index in [1.807, 2.05) is 43.3 Å². The summed E-state index contributed by atoms with van der Waals surface area (Å²) >= 11 is 0. The van der Waals surface area contributed by atoms with E-state index in [1.165, 1.54) is 0 Å². The van der Waals surface area contributed by atoms with Crippen molar-refractivity contribution in [3.05, 3.63) is 59.7 Å². The van der Waals surface area contributed by atoms with Crippen molar-refractivity contribution in [2.24, 2.45) is 0 Å². The predicted octanol–water partition coefficient (Wildman–Crippen LogP) is 3.13. The molecule has 3 atom stereocenters. The van der Waals surface area contributed by atoms with E-state index < -0.39 is 35.7 Å². The molecule has 0 radical (unpaired) electrons. The Morgan fingerprint density at radius 3 is 2.24 bits per heavy atom. The van der Waals surface area contributed by atoms with Crippen molar-refractivity contribution < 1.29 is 29.3 Å². The number of aliphatic hydroxyl groups excluding tert-OH is 1. The molecule has 8 nitrogen and oxygen atoms in total. The highest BCUT2D eigenvalue weighted by Crippen LogP contribution is 2.44. The molecule has 2 aromatic rings. The molecule has 1 aliphatic carbocycles. The van der Waals surface area contributed by atoms with E-state index in [1.54, 1.807) is 6.92 Å². The predicted molar refractivity (Wildman–Crippen MR) is 125 cm³/mol. The largest absolute Gasteiger partial charge is 0.480 e. The highest BCUT2D eigenvalue weighted by atomic mass is 16.5. The summed E-state index contributed by atoms with van der Waals surface area (Å²) in [6.07, 6.45) is -0.799. The van der Waals surface area contributed by atoms with Crippen LogP contribution >= 0.6 is 0 Å². The number of fused-ring (bicyclic) bond motifs is 3. The van der Waals surface area contributed by atoms with Crippen LogP contribution in [-0.2, 0) is 14.3 Å². The number of ether oxygens (including phenoxy) is 1. The van der Waals surface area contributed by atoms with Crippen molar-refractivity contribution in [1.82, 2.24) is 10.2 Å². The lowest BCUT2D eigenvalue weighted by Crippen LogP contribution is -2.59. The highest BCUT2D eigenvalue weighted by Gasteiger charge is 2.46. The molecule has 1 heterocycles. The van der Waals surface area contributed by atoms with Gasteiger partial charge in [0.15, 0.2) is 0 Å². The first-order chi connectivity index (χ1) is 16.2. The number of aliphatic carboxylic acids is 1. The van der Waals surface area contributed by atoms with E-state index >= 15 is 0 Å². The van der Waals surface area contributed by atoms with Crippen molar-refractivity contribution in [2.45, 2.75) is 56.7 Å². The molecular weight excluding hydrogens is 436 g/mol. The topological polar surface area (TPSA) is 116 Å². The number of carbonyl (C=O) groups is 3. The molecule has 2 aromatic carbocycles. The molecule has 0 spiro atoms. The Bertz CT molecular complexity index is 1060. The minimum absolute atomic E-state index is 0.0335. The van der Waals surface area contributed by atoms with Crippen LogP contribution in [0.15, 0.2) is 48.5 Å². The molecule has 1 unspecified atom stereocenters. The zero-order valence-corrected chi connectivity index (χ0v) is 19.4. The molecule has 0 bridgehead atoms. The third-order valence-electron chi connectivity index (χ3n) is 6.77. The number of carbonyl (C=O) groups excluding carboxylic acids is 2. The zero-order chi connectivity index (χ0) is 24.5. The van der Waals surface area contributed by atoms with Crippen molar-refractivity contribution in [2.75, 3.05) is 13.2 Å². The molecule has 3 N–H and O–H groups in total. The van der Waals surface area contributed by atoms with E-state index in [-0.39, 0.29) is 25.5 Å². The summed E-state index contributed by atoms with van der Waals surface area (Å²) in [7, 11) is 0. The number of benzene rings is 2. The van der Waals surface area contributed by atoms with Crippen molar-refractivity contribution in [3.63, 3.8) is 0 Å². The Balaban J connectivity index is 1.48. The first kappa shape index (κ1) is 23.8. The van der Waals surface area contributed by atoms with E-state index in [4.69, 9.17) is 4.74 Å². The number of carboxylic acids is 1. The second-order valence-electron chi connectivity index (χ2n) is 9.23. The molecule has 1 saturated heterocycles. The van der Waals surface area contributed by atoms with Gasteiger partial charge < -0.3 is 25.2 Å². The minimum atomic E-state index is -1.35. The lowest BCUT2D eigenvalue weighted by atomic mass is 9.94. The Morgan fingerprint density at radius 1 is 1.09 bits per heavy atom. The van der Waals surface area contributed by atoms with Crippen LogP contribution in [0.3, 0.4) is 0 Å². The number of hydrogen-bond donors (Lipinski definition) is 3. The quantitative estimate of drug-likeness (QED) is 0.577. The van der Waals surface area contributed by atoms with Gasteiger partial charge in [-0.1, -0.05) is 61.9 Å². The normalized spacial score (nSPS) is 20.9. The van der Waals surface area contributed by atoms with E-state index in [9.17, 15) is 24.6 Å². The summed E-state index contributed by atoms with van der Waals surface area (Å²) in [6.45, 7) is 3.47. The summed E-state index contributed by atoms with van der Waals surface area (Å²) in [5.41, 5.74) is 3.05. The van der Waals surface area contributed by atoms with E-state index in [0.717, 1.165) is 27.2 Å². The number of amides is 2. The van der Waals surface area contributed by atoms with Crippen LogP contribution in [0.2, 0.25) is 0 Å². The monoisotopic (exact) mass is 466 g/mol. The maximum Gasteiger partial charge on any atom is 0.408 e. The van der Waals surface area contributed by atoms with E-state index in [0.29, 0.717) is 12.8 Å². The third kappa shape index (κ3) is 4.37. The fraction of sp³-hybridized carbons (Fsp3) is 0.423. The number of aliphatic hydroxyl groups is 1. The van der Waals surface area contributed by atoms with Crippen molar-refractivity contribution >= 4 is 18.0 Å². The number of hydrogen-bond acceptors (Lipinski definition) is 5. The SMILES string of the molecule is CCCC(C)(NC(=O)OCC1c2ccccc2-c2ccccc21)C(=O)N1C[C@H](O)C[C@H]1C(=O)O. The molecule has 2 aliphatic rings. The smallest absolute Gasteiger partial charge is 0.408 e. The van der Waals surface area contributed by atoms with Gasteiger partial charge in [-0.3, -0.25) is 4.79 Å². The van der Waals surface area contributed by atoms with Gasteiger partial charge in [-0.2, -0.15) is 0 Å². The van der Waals surface area contributed by atoms with Gasteiger partial charge in [-0.25, -0.2) is 9.59 Å². The van der Waals surface area contributed by atoms with Crippen LogP contribution in [0.25, 0.3) is 11.1 Å². The number of β-amino-alcohol motifs (C(OH)–C–C–N with tert-alkyl or cyclic N) is 1. The van der Waals surface area contributed by atoms with Gasteiger partial charge in [0.2, 0.25) is 5.91 Å². The number of likely N-dealkylation sites (tertiary alicyclic amines) is 1. The van der Waals surface area contributed by atoms with Crippen LogP contribution in [0.1, 0.15) is 50.2 Å². The first-order valence-corrected chi connectivity index (χ1v) is 11.6. The van der Waals surface area contributed by atoms with Crippen LogP contribution in [0.4, 0.5) is 4.79 Å². The molecule has 1 aliphatic heterocycles. The molecule has 34 heavy (non-hydrogen) atoms. The summed E-state index contributed by atoms with van der Waals surface area (Å²) in [5.74, 6) is -1.83. The fourth-order valence-corrected chi connectivity index (χ4v) is 5.17. The molecule has 2 amide bonds. The molecule has 180 valence electrons. The third-order valence-corrected chi connectivity index (χ3v) is 6.77. The first-order valence-electron chi connectivity index (χ1n) is 11.6. The summed E-state index contributed by atoms with van der Waals surface area (Å²) in [6, 6.07) is 14.9. The molecular formula is C26H30N2O6. The lowest BCUT2D eigenvalue weighted by Gasteiger charge is -2.34. The number of alkyl carbamates (subject to hydrolysis) is 1. The number of rotatable bonds is 7. The minimum Gasteiger partial charge on any atom is -0.480 e. The van der Waals surface area contributed by atoms with Gasteiger partial charge in [-0.05, 0) is 35.6 Å². The summed E-state index contributed by atoms with van der Waals surface area (Å²) in [5, 5.41) is 22.1. The average molecular weight is 467 g/mol. The molecule has 4 rings (SSSR count). The Labute approximate surface area is 198 Å². The van der Waals surface area contributed by atoms with Crippen molar-refractivity contribution in [1.29, 1.82) is 0 Å². The van der Waals surface area contributed by atoms with Gasteiger partial charge in [0.25, 0.3) is 0 Å². The van der Waals surface area contributed by atoms with E-state index in [2.05, 4.69) is 17.4 Å². The summed E-state index contributed by atoms with van der Waals surface area (Å²) in [4.78, 5) is 38.9. The summed E-state index contributed by atoms with van der Waals surface area (Å²) < 4.78 is 5.60. The molecule has 0 aromatic heterocycles. The maximum atomic E-state index is 13.3. The molecule has 0 saturated carbocycles. The second-order valence-corrected chi connectivity index (χ2v) is 9.23. The van der Waals surface area contributed by atoms with Crippen LogP contribution in [0, 0.1) is 0 Å². The van der Waals surface area contributed by atoms with Gasteiger partial charge in [-0.15, -0.1) is 0 Å². The van der Waals surface area contributed by atoms with Gasteiger partial charge in [0.05, 0.1) is 6.10 Å². The Hall–Kier alpha value is -3.39. The number of carboxylic acid groups (broad SMARTS) is 1. The standard InChI is InChI=1S/C26H30N2O6/c1-3-12-26(2,24(32)28-14-16(29)13-22(28)23(30)31)27-25(33)34-15-21-19-10-6-4-8-17(19)18-9-5-7-11-20(18)21/h4-11,16,21-22,29H,3,12-15H2,1-2H3,(H,27,33)(H,30,31)/t16-,22+,26?/m1/s1. The van der Waals surface area contributed by atoms with Gasteiger partial charge in [0.1, 0.15) is 18.2 Å². The maximum absolute atomic E-state index is 13.3. The molecule has 1 fully saturated rings. The highest BCUT2D eigenvalue weighted by molar-refractivity contribution is 5.93. The Morgan fingerprint density at radius 2 is 1.68 bits per heavy atom. The molecule has 8 heteroatoms. The Kier molecular flexibility index (Phi) is 6.61. The number of nitrogens with zero attached hydrogens (tertiary/aromatic N) is 1. The fourth-order valence-electron chi connectivity index (χ4n) is 5.17. The second kappa shape index (κ2) is 9.46.